The number of fused-ring (bicyclic) bond motifs is 6. The van der Waals surface area contributed by atoms with Crippen molar-refractivity contribution in [2.45, 2.75) is 13.1 Å². The van der Waals surface area contributed by atoms with Gasteiger partial charge in [0.05, 0.1) is 16.3 Å². The summed E-state index contributed by atoms with van der Waals surface area (Å²) in [4.78, 5) is 0. The molecular formula is C32H24N4O2Si. The maximum atomic E-state index is 6.25. The van der Waals surface area contributed by atoms with Gasteiger partial charge in [-0.15, -0.1) is 0 Å². The Morgan fingerprint density at radius 2 is 1.18 bits per heavy atom. The Bertz CT molecular complexity index is 2180. The van der Waals surface area contributed by atoms with Crippen molar-refractivity contribution in [2.75, 3.05) is 0 Å². The van der Waals surface area contributed by atoms with E-state index in [2.05, 4.69) is 67.7 Å². The molecule has 0 amide bonds. The van der Waals surface area contributed by atoms with Crippen molar-refractivity contribution < 1.29 is 8.83 Å². The van der Waals surface area contributed by atoms with Crippen LogP contribution in [0.4, 0.5) is 0 Å². The second-order valence-electron chi connectivity index (χ2n) is 10.4. The standard InChI is InChI=1S/C32H24N4O2Si/c1-39(2,30-16-18-35(33-30)21-14-15-29-25(20-21)23-9-4-5-12-27(23)37-29)31-17-19-36(34-31)26-11-7-10-24-22-8-3-6-13-28(22)38-32(24)26/h3-20H,1-2H3. The molecule has 0 fully saturated rings. The van der Waals surface area contributed by atoms with Crippen LogP contribution in [-0.4, -0.2) is 27.6 Å². The summed E-state index contributed by atoms with van der Waals surface area (Å²) in [6, 6.07) is 33.0. The minimum absolute atomic E-state index is 0.847. The van der Waals surface area contributed by atoms with Gasteiger partial charge in [0.2, 0.25) is 0 Å². The summed E-state index contributed by atoms with van der Waals surface area (Å²) in [6.07, 6.45) is 4.07. The molecule has 8 rings (SSSR count). The zero-order valence-corrected chi connectivity index (χ0v) is 22.5. The van der Waals surface area contributed by atoms with Crippen LogP contribution in [0.1, 0.15) is 0 Å². The Hall–Kier alpha value is -4.88. The molecule has 0 spiro atoms. The van der Waals surface area contributed by atoms with Crippen molar-refractivity contribution in [1.29, 1.82) is 0 Å². The molecule has 0 aliphatic rings. The third-order valence-electron chi connectivity index (χ3n) is 7.71. The highest BCUT2D eigenvalue weighted by atomic mass is 28.3. The Kier molecular flexibility index (Phi) is 4.57. The van der Waals surface area contributed by atoms with Gasteiger partial charge in [-0.3, -0.25) is 0 Å². The molecule has 188 valence electrons. The summed E-state index contributed by atoms with van der Waals surface area (Å²) in [6.45, 7) is 4.59. The quantitative estimate of drug-likeness (QED) is 0.241. The zero-order chi connectivity index (χ0) is 26.1. The highest BCUT2D eigenvalue weighted by molar-refractivity contribution is 6.99. The third-order valence-corrected chi connectivity index (χ3v) is 10.8. The number of para-hydroxylation sites is 3. The predicted octanol–water partition coefficient (Wildman–Crippen LogP) is 6.68. The fraction of sp³-hybridized carbons (Fsp3) is 0.0625. The zero-order valence-electron chi connectivity index (χ0n) is 21.5. The maximum Gasteiger partial charge on any atom is 0.163 e. The van der Waals surface area contributed by atoms with Crippen molar-refractivity contribution in [3.8, 4) is 11.4 Å². The predicted molar refractivity (Wildman–Crippen MR) is 158 cm³/mol. The van der Waals surface area contributed by atoms with Crippen LogP contribution >= 0.6 is 0 Å². The lowest BCUT2D eigenvalue weighted by Gasteiger charge is -2.17. The Morgan fingerprint density at radius 3 is 1.97 bits per heavy atom. The van der Waals surface area contributed by atoms with Crippen LogP contribution in [0.5, 0.6) is 0 Å². The number of rotatable bonds is 4. The number of hydrogen-bond donors (Lipinski definition) is 0. The molecule has 4 aromatic carbocycles. The number of nitrogens with zero attached hydrogens (tertiary/aromatic N) is 4. The molecule has 4 aromatic heterocycles. The van der Waals surface area contributed by atoms with E-state index in [-0.39, 0.29) is 0 Å². The van der Waals surface area contributed by atoms with Crippen molar-refractivity contribution in [3.05, 3.63) is 109 Å². The van der Waals surface area contributed by atoms with E-state index < -0.39 is 8.07 Å². The molecule has 4 heterocycles. The molecule has 0 unspecified atom stereocenters. The van der Waals surface area contributed by atoms with Crippen molar-refractivity contribution in [1.82, 2.24) is 19.6 Å². The largest absolute Gasteiger partial charge is 0.456 e. The third kappa shape index (κ3) is 3.33. The molecule has 0 bridgehead atoms. The average molecular weight is 525 g/mol. The molecule has 0 aliphatic carbocycles. The Labute approximate surface area is 224 Å². The first-order valence-corrected chi connectivity index (χ1v) is 16.0. The molecule has 7 heteroatoms. The van der Waals surface area contributed by atoms with E-state index in [9.17, 15) is 0 Å². The molecule has 0 N–H and O–H groups in total. The van der Waals surface area contributed by atoms with Gasteiger partial charge in [0.25, 0.3) is 0 Å². The van der Waals surface area contributed by atoms with Crippen LogP contribution in [0.3, 0.4) is 0 Å². The monoisotopic (exact) mass is 524 g/mol. The summed E-state index contributed by atoms with van der Waals surface area (Å²) in [5, 5.41) is 16.7. The fourth-order valence-corrected chi connectivity index (χ4v) is 7.45. The van der Waals surface area contributed by atoms with Crippen LogP contribution < -0.4 is 10.6 Å². The fourth-order valence-electron chi connectivity index (χ4n) is 5.49. The molecule has 0 saturated carbocycles. The SMILES string of the molecule is C[Si](C)(c1ccn(-c2ccc3oc4ccccc4c3c2)n1)c1ccn(-c2cccc3c2oc2ccccc23)n1. The molecule has 6 nitrogen and oxygen atoms in total. The maximum absolute atomic E-state index is 6.25. The summed E-state index contributed by atoms with van der Waals surface area (Å²) < 4.78 is 16.1. The minimum atomic E-state index is -2.18. The van der Waals surface area contributed by atoms with Gasteiger partial charge < -0.3 is 8.83 Å². The van der Waals surface area contributed by atoms with Crippen molar-refractivity contribution in [3.63, 3.8) is 0 Å². The van der Waals surface area contributed by atoms with Gasteiger partial charge in [-0.1, -0.05) is 61.6 Å². The van der Waals surface area contributed by atoms with Crippen LogP contribution in [0, 0.1) is 0 Å². The molecular weight excluding hydrogens is 500 g/mol. The molecule has 8 aromatic rings. The van der Waals surface area contributed by atoms with Gasteiger partial charge >= 0.3 is 0 Å². The van der Waals surface area contributed by atoms with Gasteiger partial charge in [-0.25, -0.2) is 9.36 Å². The highest BCUT2D eigenvalue weighted by Crippen LogP contribution is 2.32. The topological polar surface area (TPSA) is 61.9 Å². The van der Waals surface area contributed by atoms with Crippen LogP contribution in [0.2, 0.25) is 13.1 Å². The van der Waals surface area contributed by atoms with Gasteiger partial charge in [0.15, 0.2) is 13.7 Å². The number of hydrogen-bond acceptors (Lipinski definition) is 4. The van der Waals surface area contributed by atoms with Gasteiger partial charge in [-0.2, -0.15) is 10.2 Å². The summed E-state index contributed by atoms with van der Waals surface area (Å²) in [7, 11) is -2.18. The molecule has 0 aliphatic heterocycles. The lowest BCUT2D eigenvalue weighted by molar-refractivity contribution is 0.662. The van der Waals surface area contributed by atoms with E-state index in [1.54, 1.807) is 0 Å². The van der Waals surface area contributed by atoms with Gasteiger partial charge in [-0.05, 0) is 48.5 Å². The average Bonchev–Trinajstić information content (AvgIpc) is 3.76. The van der Waals surface area contributed by atoms with Gasteiger partial charge in [0.1, 0.15) is 22.4 Å². The lowest BCUT2D eigenvalue weighted by Crippen LogP contribution is -2.54. The van der Waals surface area contributed by atoms with Gasteiger partial charge in [0, 0.05) is 33.9 Å². The molecule has 0 atom stereocenters. The first kappa shape index (κ1) is 22.1. The smallest absolute Gasteiger partial charge is 0.163 e. The highest BCUT2D eigenvalue weighted by Gasteiger charge is 2.32. The number of furan rings is 2. The normalized spacial score (nSPS) is 12.4. The van der Waals surface area contributed by atoms with Crippen molar-refractivity contribution in [2.24, 2.45) is 0 Å². The minimum Gasteiger partial charge on any atom is -0.456 e. The number of benzene rings is 4. The first-order chi connectivity index (χ1) is 19.1. The van der Waals surface area contributed by atoms with Crippen LogP contribution in [-0.2, 0) is 0 Å². The van der Waals surface area contributed by atoms with E-state index in [1.807, 2.05) is 64.2 Å². The van der Waals surface area contributed by atoms with E-state index >= 15 is 0 Å². The molecule has 0 radical (unpaired) electrons. The van der Waals surface area contributed by atoms with E-state index in [4.69, 9.17) is 19.0 Å². The number of aromatic nitrogens is 4. The summed E-state index contributed by atoms with van der Waals surface area (Å²) >= 11 is 0. The summed E-state index contributed by atoms with van der Waals surface area (Å²) in [5.74, 6) is 0. The lowest BCUT2D eigenvalue weighted by atomic mass is 10.1. The van der Waals surface area contributed by atoms with Crippen LogP contribution in [0.25, 0.3) is 55.3 Å². The first-order valence-electron chi connectivity index (χ1n) is 13.0. The van der Waals surface area contributed by atoms with E-state index in [0.717, 1.165) is 65.9 Å². The van der Waals surface area contributed by atoms with Crippen LogP contribution in [0.15, 0.2) is 118 Å². The van der Waals surface area contributed by atoms with Crippen molar-refractivity contribution >= 4 is 62.6 Å². The van der Waals surface area contributed by atoms with E-state index in [0.29, 0.717) is 0 Å². The second kappa shape index (κ2) is 8.06. The second-order valence-corrected chi connectivity index (χ2v) is 14.7. The Morgan fingerprint density at radius 1 is 0.564 bits per heavy atom. The molecule has 0 saturated heterocycles. The van der Waals surface area contributed by atoms with E-state index in [1.165, 1.54) is 0 Å². The summed E-state index contributed by atoms with van der Waals surface area (Å²) in [5.41, 5.74) is 5.45. The Balaban J connectivity index is 1.16. The molecule has 39 heavy (non-hydrogen) atoms.